The zero-order valence-electron chi connectivity index (χ0n) is 11.9. The Balaban J connectivity index is 2.15. The number of alkyl halides is 3. The summed E-state index contributed by atoms with van der Waals surface area (Å²) in [4.78, 5) is 0. The Bertz CT molecular complexity index is 733. The fraction of sp³-hybridized carbons (Fsp3) is 0.133. The maximum Gasteiger partial charge on any atom is 0.416 e. The van der Waals surface area contributed by atoms with E-state index in [9.17, 15) is 18.3 Å². The van der Waals surface area contributed by atoms with Crippen molar-refractivity contribution in [2.24, 2.45) is 5.10 Å². The average molecular weight is 436 g/mol. The summed E-state index contributed by atoms with van der Waals surface area (Å²) in [7, 11) is 1.42. The first-order chi connectivity index (χ1) is 10.8. The van der Waals surface area contributed by atoms with Gasteiger partial charge >= 0.3 is 6.18 Å². The molecule has 0 radical (unpaired) electrons. The second-order valence-electron chi connectivity index (χ2n) is 4.50. The summed E-state index contributed by atoms with van der Waals surface area (Å²) in [6.07, 6.45) is -2.98. The highest BCUT2D eigenvalue weighted by atomic mass is 127. The van der Waals surface area contributed by atoms with Gasteiger partial charge in [-0.2, -0.15) is 18.3 Å². The van der Waals surface area contributed by atoms with Crippen molar-refractivity contribution in [3.8, 4) is 11.5 Å². The Morgan fingerprint density at radius 1 is 1.26 bits per heavy atom. The number of hydrogen-bond acceptors (Lipinski definition) is 4. The first-order valence-corrected chi connectivity index (χ1v) is 7.42. The number of anilines is 1. The van der Waals surface area contributed by atoms with Crippen molar-refractivity contribution < 1.29 is 23.0 Å². The molecule has 0 amide bonds. The van der Waals surface area contributed by atoms with Gasteiger partial charge in [0.05, 0.1) is 28.1 Å². The van der Waals surface area contributed by atoms with E-state index in [4.69, 9.17) is 4.74 Å². The molecule has 0 fully saturated rings. The third kappa shape index (κ3) is 4.50. The molecule has 0 saturated carbocycles. The lowest BCUT2D eigenvalue weighted by Crippen LogP contribution is -2.05. The Morgan fingerprint density at radius 2 is 2.00 bits per heavy atom. The molecule has 0 bridgehead atoms. The van der Waals surface area contributed by atoms with Gasteiger partial charge in [0.1, 0.15) is 0 Å². The van der Waals surface area contributed by atoms with Crippen molar-refractivity contribution in [3.63, 3.8) is 0 Å². The normalized spacial score (nSPS) is 11.7. The number of hydrazone groups is 1. The van der Waals surface area contributed by atoms with Crippen LogP contribution < -0.4 is 10.2 Å². The second kappa shape index (κ2) is 7.07. The minimum absolute atomic E-state index is 0.0242. The molecule has 4 nitrogen and oxygen atoms in total. The van der Waals surface area contributed by atoms with E-state index >= 15 is 0 Å². The fourth-order valence-corrected chi connectivity index (χ4v) is 2.40. The first kappa shape index (κ1) is 17.4. The van der Waals surface area contributed by atoms with Crippen LogP contribution in [0, 0.1) is 3.57 Å². The molecule has 0 aliphatic rings. The third-order valence-electron chi connectivity index (χ3n) is 2.87. The molecule has 2 aromatic rings. The number of nitrogens with zero attached hydrogens (tertiary/aromatic N) is 1. The predicted octanol–water partition coefficient (Wildman–Crippen LogP) is 4.47. The summed E-state index contributed by atoms with van der Waals surface area (Å²) in [5.74, 6) is 0.313. The van der Waals surface area contributed by atoms with Crippen LogP contribution in [0.5, 0.6) is 11.5 Å². The molecular formula is C15H12F3IN2O2. The van der Waals surface area contributed by atoms with Crippen LogP contribution in [0.4, 0.5) is 18.9 Å². The lowest BCUT2D eigenvalue weighted by molar-refractivity contribution is -0.137. The summed E-state index contributed by atoms with van der Waals surface area (Å²) in [5.41, 5.74) is 2.64. The van der Waals surface area contributed by atoms with Gasteiger partial charge in [-0.15, -0.1) is 0 Å². The summed E-state index contributed by atoms with van der Waals surface area (Å²) in [6, 6.07) is 7.96. The lowest BCUT2D eigenvalue weighted by atomic mass is 10.2. The molecule has 0 aliphatic heterocycles. The molecule has 2 aromatic carbocycles. The Hall–Kier alpha value is -1.97. The number of hydrogen-bond donors (Lipinski definition) is 2. The molecule has 0 atom stereocenters. The highest BCUT2D eigenvalue weighted by Gasteiger charge is 2.30. The molecule has 0 aliphatic carbocycles. The van der Waals surface area contributed by atoms with Gasteiger partial charge < -0.3 is 9.84 Å². The van der Waals surface area contributed by atoms with Crippen LogP contribution in [0.25, 0.3) is 0 Å². The molecule has 0 unspecified atom stereocenters. The van der Waals surface area contributed by atoms with Crippen LogP contribution in [0.3, 0.4) is 0 Å². The minimum Gasteiger partial charge on any atom is -0.504 e. The van der Waals surface area contributed by atoms with Crippen LogP contribution in [-0.2, 0) is 6.18 Å². The highest BCUT2D eigenvalue weighted by Crippen LogP contribution is 2.32. The molecule has 2 rings (SSSR count). The minimum atomic E-state index is -4.40. The maximum atomic E-state index is 12.6. The van der Waals surface area contributed by atoms with Crippen molar-refractivity contribution in [2.75, 3.05) is 12.5 Å². The molecular weight excluding hydrogens is 424 g/mol. The molecule has 0 aromatic heterocycles. The van der Waals surface area contributed by atoms with E-state index in [1.807, 2.05) is 22.6 Å². The molecule has 0 spiro atoms. The maximum absolute atomic E-state index is 12.6. The van der Waals surface area contributed by atoms with Gasteiger partial charge in [0.25, 0.3) is 0 Å². The summed E-state index contributed by atoms with van der Waals surface area (Å²) < 4.78 is 43.4. The standard InChI is InChI=1S/C15H12F3IN2O2/c1-23-13-6-9(5-12(19)14(13)22)8-20-21-11-4-2-3-10(7-11)15(16,17)18/h2-8,21-22H,1H3/b20-8-. The van der Waals surface area contributed by atoms with E-state index in [1.165, 1.54) is 25.5 Å². The highest BCUT2D eigenvalue weighted by molar-refractivity contribution is 14.1. The number of halogens is 4. The summed E-state index contributed by atoms with van der Waals surface area (Å²) in [6.45, 7) is 0. The average Bonchev–Trinajstić information content (AvgIpc) is 2.50. The van der Waals surface area contributed by atoms with Crippen molar-refractivity contribution in [2.45, 2.75) is 6.18 Å². The van der Waals surface area contributed by atoms with E-state index in [0.29, 0.717) is 9.13 Å². The number of benzene rings is 2. The third-order valence-corrected chi connectivity index (χ3v) is 3.69. The van der Waals surface area contributed by atoms with Crippen molar-refractivity contribution in [1.29, 1.82) is 0 Å². The predicted molar refractivity (Wildman–Crippen MR) is 90.0 cm³/mol. The molecule has 0 heterocycles. The van der Waals surface area contributed by atoms with Gasteiger partial charge in [0.2, 0.25) is 0 Å². The number of phenols is 1. The van der Waals surface area contributed by atoms with Crippen LogP contribution in [0.15, 0.2) is 41.5 Å². The number of aromatic hydroxyl groups is 1. The number of ether oxygens (including phenoxy) is 1. The van der Waals surface area contributed by atoms with Crippen LogP contribution >= 0.6 is 22.6 Å². The van der Waals surface area contributed by atoms with E-state index in [2.05, 4.69) is 10.5 Å². The van der Waals surface area contributed by atoms with Gasteiger partial charge in [-0.05, 0) is 58.5 Å². The number of methoxy groups -OCH3 is 1. The van der Waals surface area contributed by atoms with Crippen LogP contribution in [0.2, 0.25) is 0 Å². The number of phenolic OH excluding ortho intramolecular Hbond substituents is 1. The molecule has 122 valence electrons. The molecule has 2 N–H and O–H groups in total. The van der Waals surface area contributed by atoms with Gasteiger partial charge in [-0.3, -0.25) is 5.43 Å². The fourth-order valence-electron chi connectivity index (χ4n) is 1.77. The Morgan fingerprint density at radius 3 is 2.65 bits per heavy atom. The lowest BCUT2D eigenvalue weighted by Gasteiger charge is -2.08. The topological polar surface area (TPSA) is 53.8 Å². The van der Waals surface area contributed by atoms with Gasteiger partial charge in [0.15, 0.2) is 11.5 Å². The molecule has 8 heteroatoms. The molecule has 23 heavy (non-hydrogen) atoms. The SMILES string of the molecule is COc1cc(/C=N\Nc2cccc(C(F)(F)F)c2)cc(I)c1O. The van der Waals surface area contributed by atoms with Crippen LogP contribution in [-0.4, -0.2) is 18.4 Å². The van der Waals surface area contributed by atoms with E-state index in [-0.39, 0.29) is 17.2 Å². The first-order valence-electron chi connectivity index (χ1n) is 6.34. The summed E-state index contributed by atoms with van der Waals surface area (Å²) in [5, 5.41) is 13.6. The number of nitrogens with one attached hydrogen (secondary N) is 1. The summed E-state index contributed by atoms with van der Waals surface area (Å²) >= 11 is 1.94. The van der Waals surface area contributed by atoms with Crippen molar-refractivity contribution in [1.82, 2.24) is 0 Å². The largest absolute Gasteiger partial charge is 0.504 e. The zero-order chi connectivity index (χ0) is 17.0. The Kier molecular flexibility index (Phi) is 5.34. The van der Waals surface area contributed by atoms with E-state index < -0.39 is 11.7 Å². The second-order valence-corrected chi connectivity index (χ2v) is 5.66. The van der Waals surface area contributed by atoms with Crippen molar-refractivity contribution in [3.05, 3.63) is 51.1 Å². The van der Waals surface area contributed by atoms with Gasteiger partial charge in [-0.1, -0.05) is 6.07 Å². The van der Waals surface area contributed by atoms with Crippen molar-refractivity contribution >= 4 is 34.5 Å². The van der Waals surface area contributed by atoms with E-state index in [0.717, 1.165) is 12.1 Å². The smallest absolute Gasteiger partial charge is 0.416 e. The Labute approximate surface area is 144 Å². The van der Waals surface area contributed by atoms with Gasteiger partial charge in [0, 0.05) is 0 Å². The monoisotopic (exact) mass is 436 g/mol. The van der Waals surface area contributed by atoms with Gasteiger partial charge in [-0.25, -0.2) is 0 Å². The quantitative estimate of drug-likeness (QED) is 0.423. The van der Waals surface area contributed by atoms with E-state index in [1.54, 1.807) is 12.1 Å². The zero-order valence-corrected chi connectivity index (χ0v) is 14.0. The molecule has 0 saturated heterocycles. The van der Waals surface area contributed by atoms with Crippen LogP contribution in [0.1, 0.15) is 11.1 Å². The number of rotatable bonds is 4.